The minimum Gasteiger partial charge on any atom is -0.507 e. The topological polar surface area (TPSA) is 127 Å². The van der Waals surface area contributed by atoms with E-state index in [-0.39, 0.29) is 29.5 Å². The summed E-state index contributed by atoms with van der Waals surface area (Å²) in [5.41, 5.74) is -0.966. The van der Waals surface area contributed by atoms with Crippen molar-refractivity contribution in [2.45, 2.75) is 59.2 Å². The van der Waals surface area contributed by atoms with E-state index in [4.69, 9.17) is 9.47 Å². The van der Waals surface area contributed by atoms with E-state index in [1.807, 2.05) is 13.8 Å². The van der Waals surface area contributed by atoms with Crippen LogP contribution in [0.15, 0.2) is 35.4 Å². The molecule has 1 aromatic carbocycles. The normalized spacial score (nSPS) is 14.3. The number of benzene rings is 1. The van der Waals surface area contributed by atoms with Crippen LogP contribution in [0.25, 0.3) is 0 Å². The van der Waals surface area contributed by atoms with Crippen molar-refractivity contribution in [1.29, 1.82) is 0 Å². The second-order valence-corrected chi connectivity index (χ2v) is 8.17. The van der Waals surface area contributed by atoms with Crippen molar-refractivity contribution < 1.29 is 38.9 Å². The average molecular weight is 430 g/mol. The third-order valence-corrected chi connectivity index (χ3v) is 4.53. The smallest absolute Gasteiger partial charge is 0.310 e. The van der Waals surface area contributed by atoms with Gasteiger partial charge in [0.1, 0.15) is 23.2 Å². The highest BCUT2D eigenvalue weighted by Gasteiger charge is 2.36. The van der Waals surface area contributed by atoms with E-state index in [0.29, 0.717) is 0 Å². The van der Waals surface area contributed by atoms with Gasteiger partial charge in [-0.2, -0.15) is 0 Å². The molecule has 0 fully saturated rings. The highest BCUT2D eigenvalue weighted by Crippen LogP contribution is 2.36. The molecule has 0 amide bonds. The van der Waals surface area contributed by atoms with Crippen LogP contribution in [-0.2, 0) is 19.1 Å². The van der Waals surface area contributed by atoms with Crippen molar-refractivity contribution in [3.8, 4) is 11.5 Å². The number of hydrogen-bond acceptors (Lipinski definition) is 8. The molecule has 2 N–H and O–H groups in total. The molecule has 0 spiro atoms. The zero-order chi connectivity index (χ0) is 23.5. The molecule has 31 heavy (non-hydrogen) atoms. The average Bonchev–Trinajstić information content (AvgIpc) is 2.61. The Morgan fingerprint density at radius 1 is 1.06 bits per heavy atom. The van der Waals surface area contributed by atoms with Crippen LogP contribution in [0, 0.1) is 0 Å². The van der Waals surface area contributed by atoms with Gasteiger partial charge in [0.15, 0.2) is 11.6 Å². The molecule has 0 saturated carbocycles. The quantitative estimate of drug-likeness (QED) is 0.383. The van der Waals surface area contributed by atoms with Gasteiger partial charge in [-0.05, 0) is 45.9 Å². The number of fused-ring (bicyclic) bond motifs is 1. The van der Waals surface area contributed by atoms with E-state index in [1.54, 1.807) is 19.9 Å². The molecule has 2 rings (SSSR count). The summed E-state index contributed by atoms with van der Waals surface area (Å²) >= 11 is 0. The maximum absolute atomic E-state index is 13.1. The monoisotopic (exact) mass is 430 g/mol. The summed E-state index contributed by atoms with van der Waals surface area (Å²) < 4.78 is 10.6. The fourth-order valence-electron chi connectivity index (χ4n) is 3.28. The van der Waals surface area contributed by atoms with Gasteiger partial charge in [-0.1, -0.05) is 11.6 Å². The number of aromatic hydroxyl groups is 2. The van der Waals surface area contributed by atoms with Crippen LogP contribution in [0.3, 0.4) is 0 Å². The van der Waals surface area contributed by atoms with Crippen molar-refractivity contribution >= 4 is 23.5 Å². The van der Waals surface area contributed by atoms with Gasteiger partial charge in [-0.3, -0.25) is 19.2 Å². The minimum absolute atomic E-state index is 0.113. The van der Waals surface area contributed by atoms with Gasteiger partial charge < -0.3 is 19.7 Å². The molecule has 1 aliphatic rings. The molecule has 0 aromatic heterocycles. The molecule has 1 unspecified atom stereocenters. The maximum Gasteiger partial charge on any atom is 0.310 e. The number of hydrogen-bond donors (Lipinski definition) is 2. The lowest BCUT2D eigenvalue weighted by molar-refractivity contribution is -0.162. The maximum atomic E-state index is 13.1. The summed E-state index contributed by atoms with van der Waals surface area (Å²) in [6.45, 7) is 7.97. The van der Waals surface area contributed by atoms with Crippen LogP contribution in [-0.4, -0.2) is 45.4 Å². The molecular formula is C23H26O8. The Morgan fingerprint density at radius 2 is 1.65 bits per heavy atom. The number of ether oxygens (including phenoxy) is 2. The fraction of sp³-hybridized carbons (Fsp3) is 0.391. The van der Waals surface area contributed by atoms with Gasteiger partial charge in [-0.25, -0.2) is 0 Å². The van der Waals surface area contributed by atoms with Crippen LogP contribution in [0.1, 0.15) is 68.2 Å². The van der Waals surface area contributed by atoms with Gasteiger partial charge in [0, 0.05) is 18.9 Å². The van der Waals surface area contributed by atoms with Gasteiger partial charge in [0.2, 0.25) is 0 Å². The number of carbonyl (C=O) groups is 4. The molecule has 1 atom stereocenters. The zero-order valence-electron chi connectivity index (χ0n) is 18.1. The first-order valence-electron chi connectivity index (χ1n) is 9.70. The second kappa shape index (κ2) is 9.16. The van der Waals surface area contributed by atoms with Crippen LogP contribution in [0.2, 0.25) is 0 Å². The van der Waals surface area contributed by atoms with E-state index in [0.717, 1.165) is 23.8 Å². The Morgan fingerprint density at radius 3 is 2.19 bits per heavy atom. The van der Waals surface area contributed by atoms with Gasteiger partial charge in [-0.15, -0.1) is 0 Å². The Hall–Kier alpha value is -3.42. The molecule has 8 heteroatoms. The van der Waals surface area contributed by atoms with Crippen LogP contribution in [0.5, 0.6) is 11.5 Å². The molecular weight excluding hydrogens is 404 g/mol. The summed E-state index contributed by atoms with van der Waals surface area (Å²) in [7, 11) is 0. The molecule has 1 aliphatic carbocycles. The van der Waals surface area contributed by atoms with Crippen molar-refractivity contribution in [3.05, 3.63) is 46.6 Å². The Bertz CT molecular complexity index is 993. The molecule has 8 nitrogen and oxygen atoms in total. The van der Waals surface area contributed by atoms with Crippen LogP contribution in [0.4, 0.5) is 0 Å². The Kier molecular flexibility index (Phi) is 7.05. The van der Waals surface area contributed by atoms with Crippen molar-refractivity contribution in [2.24, 2.45) is 0 Å². The first-order valence-corrected chi connectivity index (χ1v) is 9.70. The number of esters is 2. The number of Topliss-reactive ketones (excluding diaryl/α,β-unsaturated/α-hetero) is 1. The van der Waals surface area contributed by atoms with E-state index >= 15 is 0 Å². The van der Waals surface area contributed by atoms with Crippen LogP contribution >= 0.6 is 0 Å². The van der Waals surface area contributed by atoms with E-state index in [2.05, 4.69) is 0 Å². The molecule has 0 bridgehead atoms. The number of phenols is 2. The SMILES string of the molecule is CC(=O)OC(C)(C)CC(=O)OC(CC=C(C)C)C1=CC(=O)c2c(O)ccc(O)c2C1=O. The fourth-order valence-corrected chi connectivity index (χ4v) is 3.28. The standard InChI is InChI=1S/C23H26O8/c1-12(2)6-9-18(30-19(28)11-23(4,5)31-13(3)24)14-10-17(27)20-15(25)7-8-16(26)21(20)22(14)29/h6-8,10,18,25-26H,9,11H2,1-5H3. The second-order valence-electron chi connectivity index (χ2n) is 8.17. The van der Waals surface area contributed by atoms with Crippen molar-refractivity contribution in [2.75, 3.05) is 0 Å². The predicted molar refractivity (Wildman–Crippen MR) is 111 cm³/mol. The molecule has 1 aromatic rings. The lowest BCUT2D eigenvalue weighted by Gasteiger charge is -2.26. The summed E-state index contributed by atoms with van der Waals surface area (Å²) in [6, 6.07) is 2.23. The molecule has 166 valence electrons. The highest BCUT2D eigenvalue weighted by molar-refractivity contribution is 6.27. The third kappa shape index (κ3) is 5.81. The zero-order valence-corrected chi connectivity index (χ0v) is 18.1. The number of rotatable bonds is 7. The predicted octanol–water partition coefficient (Wildman–Crippen LogP) is 3.40. The summed E-state index contributed by atoms with van der Waals surface area (Å²) in [6.07, 6.45) is 1.49. The van der Waals surface area contributed by atoms with Gasteiger partial charge >= 0.3 is 11.9 Å². The number of ketones is 2. The number of allylic oxidation sites excluding steroid dienone is 2. The summed E-state index contributed by atoms with van der Waals surface area (Å²) in [5.74, 6) is -3.58. The lowest BCUT2D eigenvalue weighted by Crippen LogP contribution is -2.34. The number of phenolic OH excluding ortho intramolecular Hbond substituents is 2. The number of carbonyl (C=O) groups excluding carboxylic acids is 4. The lowest BCUT2D eigenvalue weighted by atomic mass is 9.85. The Balaban J connectivity index is 2.38. The van der Waals surface area contributed by atoms with Crippen molar-refractivity contribution in [3.63, 3.8) is 0 Å². The summed E-state index contributed by atoms with van der Waals surface area (Å²) in [4.78, 5) is 49.4. The molecule has 0 aliphatic heterocycles. The Labute approximate surface area is 180 Å². The largest absolute Gasteiger partial charge is 0.507 e. The molecule has 0 saturated heterocycles. The molecule has 0 radical (unpaired) electrons. The highest BCUT2D eigenvalue weighted by atomic mass is 16.6. The van der Waals surface area contributed by atoms with E-state index < -0.39 is 46.7 Å². The van der Waals surface area contributed by atoms with Gasteiger partial charge in [0.25, 0.3) is 0 Å². The van der Waals surface area contributed by atoms with Crippen molar-refractivity contribution in [1.82, 2.24) is 0 Å². The van der Waals surface area contributed by atoms with Gasteiger partial charge in [0.05, 0.1) is 17.5 Å². The minimum atomic E-state index is -1.12. The summed E-state index contributed by atoms with van der Waals surface area (Å²) in [5, 5.41) is 20.1. The first kappa shape index (κ1) is 23.9. The molecule has 0 heterocycles. The van der Waals surface area contributed by atoms with E-state index in [1.165, 1.54) is 6.92 Å². The van der Waals surface area contributed by atoms with E-state index in [9.17, 15) is 29.4 Å². The first-order chi connectivity index (χ1) is 14.3. The van der Waals surface area contributed by atoms with Crippen LogP contribution < -0.4 is 0 Å². The third-order valence-electron chi connectivity index (χ3n) is 4.53.